The fraction of sp³-hybridized carbons (Fsp3) is 0.250. The van der Waals surface area contributed by atoms with Gasteiger partial charge in [0.1, 0.15) is 0 Å². The van der Waals surface area contributed by atoms with Gasteiger partial charge in [-0.3, -0.25) is 0 Å². The van der Waals surface area contributed by atoms with Crippen LogP contribution in [-0.2, 0) is 0 Å². The van der Waals surface area contributed by atoms with Crippen LogP contribution in [0.5, 0.6) is 0 Å². The second kappa shape index (κ2) is 2.97. The molecule has 1 nitrogen and oxygen atoms in total. The van der Waals surface area contributed by atoms with Crippen LogP contribution in [0.25, 0.3) is 0 Å². The Morgan fingerprint density at radius 2 is 1.80 bits per heavy atom. The van der Waals surface area contributed by atoms with Gasteiger partial charge in [-0.1, -0.05) is 12.1 Å². The molecule has 0 aliphatic rings. The molecule has 0 radical (unpaired) electrons. The molecule has 2 N–H and O–H groups in total. The van der Waals surface area contributed by atoms with Gasteiger partial charge in [0.15, 0.2) is 0 Å². The minimum Gasteiger partial charge on any atom is -0.399 e. The Morgan fingerprint density at radius 1 is 1.30 bits per heavy atom. The zero-order valence-electron chi connectivity index (χ0n) is 5.91. The molecule has 0 heterocycles. The molecule has 0 saturated heterocycles. The van der Waals surface area contributed by atoms with Crippen molar-refractivity contribution in [2.24, 2.45) is 0 Å². The molecule has 0 aliphatic carbocycles. The van der Waals surface area contributed by atoms with Gasteiger partial charge in [-0.25, -0.2) is 0 Å². The average Bonchev–Trinajstić information content (AvgIpc) is 1.88. The third-order valence-electron chi connectivity index (χ3n) is 1.42. The third-order valence-corrected chi connectivity index (χ3v) is 1.72. The van der Waals surface area contributed by atoms with E-state index in [9.17, 15) is 0 Å². The number of nitrogens with two attached hydrogens (primary N) is 1. The van der Waals surface area contributed by atoms with Gasteiger partial charge in [0.05, 0.1) is 0 Å². The first-order valence-electron chi connectivity index (χ1n) is 3.23. The van der Waals surface area contributed by atoms with E-state index < -0.39 is 0 Å². The Bertz CT molecular complexity index is 203. The molecule has 1 atom stereocenters. The molecule has 1 rings (SSSR count). The lowest BCUT2D eigenvalue weighted by atomic mass is 10.1. The molecule has 0 bridgehead atoms. The summed E-state index contributed by atoms with van der Waals surface area (Å²) in [5.74, 6) is 0. The van der Waals surface area contributed by atoms with Crippen molar-refractivity contribution in [1.29, 1.82) is 0 Å². The molecule has 1 aromatic rings. The number of hydrogen-bond donors (Lipinski definition) is 2. The van der Waals surface area contributed by atoms with E-state index in [1.807, 2.05) is 31.2 Å². The molecule has 10 heavy (non-hydrogen) atoms. The van der Waals surface area contributed by atoms with E-state index in [2.05, 4.69) is 12.6 Å². The molecule has 2 heteroatoms. The number of rotatable bonds is 1. The topological polar surface area (TPSA) is 26.0 Å². The Balaban J connectivity index is 2.89. The van der Waals surface area contributed by atoms with Crippen LogP contribution >= 0.6 is 12.6 Å². The SMILES string of the molecule is CC(S)c1ccc(N)cc1. The Kier molecular flexibility index (Phi) is 2.22. The molecule has 0 aliphatic heterocycles. The third kappa shape index (κ3) is 1.67. The predicted octanol–water partition coefficient (Wildman–Crippen LogP) is 2.26. The van der Waals surface area contributed by atoms with Gasteiger partial charge in [-0.2, -0.15) is 12.6 Å². The molecular formula is C8H11NS. The van der Waals surface area contributed by atoms with Crippen molar-refractivity contribution in [3.63, 3.8) is 0 Å². The lowest BCUT2D eigenvalue weighted by Crippen LogP contribution is -1.86. The minimum absolute atomic E-state index is 0.292. The Morgan fingerprint density at radius 3 is 2.20 bits per heavy atom. The summed E-state index contributed by atoms with van der Waals surface area (Å²) in [5, 5.41) is 0.292. The van der Waals surface area contributed by atoms with Gasteiger partial charge in [-0.15, -0.1) is 0 Å². The van der Waals surface area contributed by atoms with Crippen LogP contribution in [0.1, 0.15) is 17.7 Å². The number of hydrogen-bond acceptors (Lipinski definition) is 2. The van der Waals surface area contributed by atoms with Crippen molar-refractivity contribution < 1.29 is 0 Å². The van der Waals surface area contributed by atoms with Crippen molar-refractivity contribution in [2.45, 2.75) is 12.2 Å². The van der Waals surface area contributed by atoms with E-state index in [4.69, 9.17) is 5.73 Å². The fourth-order valence-corrected chi connectivity index (χ4v) is 0.947. The lowest BCUT2D eigenvalue weighted by molar-refractivity contribution is 1.11. The van der Waals surface area contributed by atoms with E-state index in [-0.39, 0.29) is 0 Å². The van der Waals surface area contributed by atoms with E-state index >= 15 is 0 Å². The normalized spacial score (nSPS) is 13.0. The minimum atomic E-state index is 0.292. The molecule has 54 valence electrons. The van der Waals surface area contributed by atoms with Gasteiger partial charge >= 0.3 is 0 Å². The maximum absolute atomic E-state index is 5.50. The van der Waals surface area contributed by atoms with Gasteiger partial charge in [0, 0.05) is 10.9 Å². The van der Waals surface area contributed by atoms with Crippen molar-refractivity contribution >= 4 is 18.3 Å². The summed E-state index contributed by atoms with van der Waals surface area (Å²) in [6.45, 7) is 2.04. The second-order valence-electron chi connectivity index (χ2n) is 2.34. The molecule has 0 saturated carbocycles. The van der Waals surface area contributed by atoms with Crippen LogP contribution in [-0.4, -0.2) is 0 Å². The van der Waals surface area contributed by atoms with Gasteiger partial charge in [-0.05, 0) is 24.6 Å². The van der Waals surface area contributed by atoms with Gasteiger partial charge in [0.25, 0.3) is 0 Å². The molecule has 1 unspecified atom stereocenters. The summed E-state index contributed by atoms with van der Waals surface area (Å²) in [5.41, 5.74) is 7.51. The van der Waals surface area contributed by atoms with Crippen LogP contribution in [0.15, 0.2) is 24.3 Å². The molecule has 0 aromatic heterocycles. The van der Waals surface area contributed by atoms with Crippen molar-refractivity contribution in [3.05, 3.63) is 29.8 Å². The highest BCUT2D eigenvalue weighted by Gasteiger charge is 1.96. The summed E-state index contributed by atoms with van der Waals surface area (Å²) in [6, 6.07) is 7.77. The lowest BCUT2D eigenvalue weighted by Gasteiger charge is -2.02. The van der Waals surface area contributed by atoms with E-state index in [1.165, 1.54) is 5.56 Å². The van der Waals surface area contributed by atoms with E-state index in [0.717, 1.165) is 5.69 Å². The van der Waals surface area contributed by atoms with Crippen molar-refractivity contribution in [2.75, 3.05) is 5.73 Å². The first kappa shape index (κ1) is 7.48. The van der Waals surface area contributed by atoms with E-state index in [1.54, 1.807) is 0 Å². The Hall–Kier alpha value is -0.630. The summed E-state index contributed by atoms with van der Waals surface area (Å²) in [6.07, 6.45) is 0. The summed E-state index contributed by atoms with van der Waals surface area (Å²) >= 11 is 4.28. The zero-order valence-corrected chi connectivity index (χ0v) is 6.81. The number of benzene rings is 1. The van der Waals surface area contributed by atoms with E-state index in [0.29, 0.717) is 5.25 Å². The number of thiol groups is 1. The molecule has 0 fully saturated rings. The molecular weight excluding hydrogens is 142 g/mol. The maximum atomic E-state index is 5.50. The molecule has 0 spiro atoms. The summed E-state index contributed by atoms with van der Waals surface area (Å²) in [4.78, 5) is 0. The van der Waals surface area contributed by atoms with Gasteiger partial charge < -0.3 is 5.73 Å². The smallest absolute Gasteiger partial charge is 0.0314 e. The standard InChI is InChI=1S/C8H11NS/c1-6(10)7-2-4-8(9)5-3-7/h2-6,10H,9H2,1H3. The largest absolute Gasteiger partial charge is 0.399 e. The van der Waals surface area contributed by atoms with Crippen LogP contribution in [0.3, 0.4) is 0 Å². The monoisotopic (exact) mass is 153 g/mol. The van der Waals surface area contributed by atoms with Crippen molar-refractivity contribution in [1.82, 2.24) is 0 Å². The summed E-state index contributed by atoms with van der Waals surface area (Å²) in [7, 11) is 0. The number of nitrogen functional groups attached to an aromatic ring is 1. The van der Waals surface area contributed by atoms with Crippen molar-refractivity contribution in [3.8, 4) is 0 Å². The van der Waals surface area contributed by atoms with Crippen LogP contribution in [0.2, 0.25) is 0 Å². The fourth-order valence-electron chi connectivity index (χ4n) is 0.775. The predicted molar refractivity (Wildman–Crippen MR) is 48.3 cm³/mol. The van der Waals surface area contributed by atoms with Gasteiger partial charge in [0.2, 0.25) is 0 Å². The zero-order chi connectivity index (χ0) is 7.56. The first-order chi connectivity index (χ1) is 4.70. The highest BCUT2D eigenvalue weighted by Crippen LogP contribution is 2.19. The average molecular weight is 153 g/mol. The van der Waals surface area contributed by atoms with Crippen LogP contribution < -0.4 is 5.73 Å². The molecule has 0 amide bonds. The number of anilines is 1. The quantitative estimate of drug-likeness (QED) is 0.469. The maximum Gasteiger partial charge on any atom is 0.0314 e. The highest BCUT2D eigenvalue weighted by molar-refractivity contribution is 7.80. The highest BCUT2D eigenvalue weighted by atomic mass is 32.1. The molecule has 1 aromatic carbocycles. The second-order valence-corrected chi connectivity index (χ2v) is 3.12. The summed E-state index contributed by atoms with van der Waals surface area (Å²) < 4.78 is 0. The Labute approximate surface area is 66.7 Å². The van der Waals surface area contributed by atoms with Crippen LogP contribution in [0.4, 0.5) is 5.69 Å². The first-order valence-corrected chi connectivity index (χ1v) is 3.75. The van der Waals surface area contributed by atoms with Crippen LogP contribution in [0, 0.1) is 0 Å².